The average molecular weight is 379 g/mol. The van der Waals surface area contributed by atoms with Gasteiger partial charge >= 0.3 is 6.03 Å². The van der Waals surface area contributed by atoms with E-state index >= 15 is 0 Å². The number of aryl methyl sites for hydroxylation is 2. The predicted molar refractivity (Wildman–Crippen MR) is 95.6 cm³/mol. The minimum Gasteiger partial charge on any atom is -0.317 e. The number of nitrogens with one attached hydrogen (secondary N) is 1. The fourth-order valence-electron chi connectivity index (χ4n) is 3.11. The highest BCUT2D eigenvalue weighted by molar-refractivity contribution is 9.10. The van der Waals surface area contributed by atoms with Crippen molar-refractivity contribution in [2.24, 2.45) is 0 Å². The summed E-state index contributed by atoms with van der Waals surface area (Å²) in [6.07, 6.45) is 2.11. The SMILES string of the molecule is Cc1cc(Br)cc(C)c1NC(=O)N1CCCC1c1ccsc1. The second kappa shape index (κ2) is 6.42. The van der Waals surface area contributed by atoms with Crippen LogP contribution in [0.15, 0.2) is 33.4 Å². The Balaban J connectivity index is 1.80. The molecule has 1 aliphatic rings. The van der Waals surface area contributed by atoms with Crippen LogP contribution in [0.25, 0.3) is 0 Å². The molecule has 116 valence electrons. The molecule has 1 atom stereocenters. The standard InChI is InChI=1S/C17H19BrN2OS/c1-11-8-14(18)9-12(2)16(11)19-17(21)20-6-3-4-15(20)13-5-7-22-10-13/h5,7-10,15H,3-4,6H2,1-2H3,(H,19,21). The lowest BCUT2D eigenvalue weighted by atomic mass is 10.1. The van der Waals surface area contributed by atoms with Crippen molar-refractivity contribution in [3.8, 4) is 0 Å². The lowest BCUT2D eigenvalue weighted by Crippen LogP contribution is -2.34. The molecule has 0 spiro atoms. The second-order valence-corrected chi connectivity index (χ2v) is 7.45. The number of benzene rings is 1. The summed E-state index contributed by atoms with van der Waals surface area (Å²) >= 11 is 5.18. The lowest BCUT2D eigenvalue weighted by Gasteiger charge is -2.25. The van der Waals surface area contributed by atoms with Crippen LogP contribution < -0.4 is 5.32 Å². The number of hydrogen-bond acceptors (Lipinski definition) is 2. The molecule has 1 saturated heterocycles. The molecule has 2 amide bonds. The second-order valence-electron chi connectivity index (χ2n) is 5.75. The summed E-state index contributed by atoms with van der Waals surface area (Å²) in [4.78, 5) is 14.7. The van der Waals surface area contributed by atoms with E-state index in [1.807, 2.05) is 30.9 Å². The van der Waals surface area contributed by atoms with E-state index in [1.54, 1.807) is 11.3 Å². The predicted octanol–water partition coefficient (Wildman–Crippen LogP) is 5.50. The number of thiophene rings is 1. The van der Waals surface area contributed by atoms with Gasteiger partial charge in [0.1, 0.15) is 0 Å². The largest absolute Gasteiger partial charge is 0.322 e. The van der Waals surface area contributed by atoms with Gasteiger partial charge in [0.2, 0.25) is 0 Å². The van der Waals surface area contributed by atoms with Crippen LogP contribution >= 0.6 is 27.3 Å². The molecule has 3 rings (SSSR count). The van der Waals surface area contributed by atoms with Crippen molar-refractivity contribution in [1.29, 1.82) is 0 Å². The van der Waals surface area contributed by atoms with Crippen LogP contribution in [-0.2, 0) is 0 Å². The van der Waals surface area contributed by atoms with E-state index in [0.29, 0.717) is 0 Å². The normalized spacial score (nSPS) is 17.8. The Kier molecular flexibility index (Phi) is 4.54. The highest BCUT2D eigenvalue weighted by Crippen LogP contribution is 2.34. The lowest BCUT2D eigenvalue weighted by molar-refractivity contribution is 0.207. The minimum absolute atomic E-state index is 0.00206. The van der Waals surface area contributed by atoms with Crippen molar-refractivity contribution in [2.45, 2.75) is 32.7 Å². The molecule has 2 aromatic rings. The van der Waals surface area contributed by atoms with Crippen molar-refractivity contribution in [2.75, 3.05) is 11.9 Å². The zero-order valence-electron chi connectivity index (χ0n) is 12.7. The molecular weight excluding hydrogens is 360 g/mol. The zero-order chi connectivity index (χ0) is 15.7. The number of halogens is 1. The molecule has 2 heterocycles. The van der Waals surface area contributed by atoms with Gasteiger partial charge in [0.05, 0.1) is 6.04 Å². The maximum Gasteiger partial charge on any atom is 0.322 e. The first-order valence-corrected chi connectivity index (χ1v) is 9.16. The van der Waals surface area contributed by atoms with Gasteiger partial charge in [-0.2, -0.15) is 11.3 Å². The van der Waals surface area contributed by atoms with Gasteiger partial charge in [-0.1, -0.05) is 15.9 Å². The molecule has 1 unspecified atom stereocenters. The molecule has 1 aliphatic heterocycles. The van der Waals surface area contributed by atoms with Gasteiger partial charge in [-0.05, 0) is 72.3 Å². The Bertz CT molecular complexity index is 661. The number of urea groups is 1. The summed E-state index contributed by atoms with van der Waals surface area (Å²) < 4.78 is 1.04. The van der Waals surface area contributed by atoms with Crippen LogP contribution in [0.3, 0.4) is 0 Å². The van der Waals surface area contributed by atoms with Crippen molar-refractivity contribution in [1.82, 2.24) is 4.90 Å². The first kappa shape index (κ1) is 15.6. The van der Waals surface area contributed by atoms with E-state index in [0.717, 1.165) is 40.7 Å². The maximum absolute atomic E-state index is 12.7. The summed E-state index contributed by atoms with van der Waals surface area (Å²) in [6, 6.07) is 6.40. The van der Waals surface area contributed by atoms with Gasteiger partial charge in [0, 0.05) is 16.7 Å². The van der Waals surface area contributed by atoms with Gasteiger partial charge < -0.3 is 10.2 Å². The van der Waals surface area contributed by atoms with Crippen LogP contribution in [0.2, 0.25) is 0 Å². The Morgan fingerprint density at radius 1 is 1.36 bits per heavy atom. The van der Waals surface area contributed by atoms with Crippen molar-refractivity contribution >= 4 is 39.0 Å². The minimum atomic E-state index is 0.00206. The van der Waals surface area contributed by atoms with Crippen LogP contribution in [0.1, 0.15) is 35.6 Å². The molecule has 1 fully saturated rings. The maximum atomic E-state index is 12.7. The van der Waals surface area contributed by atoms with Gasteiger partial charge in [-0.25, -0.2) is 4.79 Å². The number of carbonyl (C=O) groups is 1. The van der Waals surface area contributed by atoms with Crippen LogP contribution in [0.4, 0.5) is 10.5 Å². The van der Waals surface area contributed by atoms with Gasteiger partial charge in [-0.3, -0.25) is 0 Å². The van der Waals surface area contributed by atoms with Crippen LogP contribution in [0.5, 0.6) is 0 Å². The molecule has 0 bridgehead atoms. The number of carbonyl (C=O) groups excluding carboxylic acids is 1. The van der Waals surface area contributed by atoms with E-state index < -0.39 is 0 Å². The summed E-state index contributed by atoms with van der Waals surface area (Å²) in [6.45, 7) is 4.86. The Morgan fingerprint density at radius 3 is 2.73 bits per heavy atom. The summed E-state index contributed by atoms with van der Waals surface area (Å²) in [5, 5.41) is 7.33. The molecule has 0 saturated carbocycles. The van der Waals surface area contributed by atoms with E-state index in [-0.39, 0.29) is 12.1 Å². The summed E-state index contributed by atoms with van der Waals surface area (Å²) in [5.74, 6) is 0. The molecule has 1 aromatic carbocycles. The number of rotatable bonds is 2. The van der Waals surface area contributed by atoms with Crippen LogP contribution in [0, 0.1) is 13.8 Å². The molecule has 3 nitrogen and oxygen atoms in total. The molecule has 0 radical (unpaired) electrons. The van der Waals surface area contributed by atoms with Gasteiger partial charge in [0.15, 0.2) is 0 Å². The van der Waals surface area contributed by atoms with Crippen molar-refractivity contribution in [3.05, 3.63) is 50.1 Å². The third-order valence-electron chi connectivity index (χ3n) is 4.17. The third-order valence-corrected chi connectivity index (χ3v) is 5.33. The number of amides is 2. The van der Waals surface area contributed by atoms with Gasteiger partial charge in [-0.15, -0.1) is 0 Å². The summed E-state index contributed by atoms with van der Waals surface area (Å²) in [7, 11) is 0. The highest BCUT2D eigenvalue weighted by atomic mass is 79.9. The number of likely N-dealkylation sites (tertiary alicyclic amines) is 1. The number of nitrogens with zero attached hydrogens (tertiary/aromatic N) is 1. The fourth-order valence-corrected chi connectivity index (χ4v) is 4.50. The fraction of sp³-hybridized carbons (Fsp3) is 0.353. The molecule has 5 heteroatoms. The first-order chi connectivity index (χ1) is 10.6. The zero-order valence-corrected chi connectivity index (χ0v) is 15.1. The summed E-state index contributed by atoms with van der Waals surface area (Å²) in [5.41, 5.74) is 4.32. The van der Waals surface area contributed by atoms with Gasteiger partial charge in [0.25, 0.3) is 0 Å². The van der Waals surface area contributed by atoms with Crippen molar-refractivity contribution in [3.63, 3.8) is 0 Å². The quantitative estimate of drug-likeness (QED) is 0.735. The Hall–Kier alpha value is -1.33. The molecule has 22 heavy (non-hydrogen) atoms. The third kappa shape index (κ3) is 3.06. The average Bonchev–Trinajstić information content (AvgIpc) is 3.11. The van der Waals surface area contributed by atoms with E-state index in [1.165, 1.54) is 5.56 Å². The highest BCUT2D eigenvalue weighted by Gasteiger charge is 2.30. The number of anilines is 1. The van der Waals surface area contributed by atoms with Crippen molar-refractivity contribution < 1.29 is 4.79 Å². The topological polar surface area (TPSA) is 32.3 Å². The molecule has 0 aliphatic carbocycles. The molecule has 1 N–H and O–H groups in total. The number of hydrogen-bond donors (Lipinski definition) is 1. The molecule has 1 aromatic heterocycles. The Labute approximate surface area is 143 Å². The smallest absolute Gasteiger partial charge is 0.317 e. The first-order valence-electron chi connectivity index (χ1n) is 7.42. The van der Waals surface area contributed by atoms with E-state index in [4.69, 9.17) is 0 Å². The molecular formula is C17H19BrN2OS. The van der Waals surface area contributed by atoms with E-state index in [9.17, 15) is 4.79 Å². The van der Waals surface area contributed by atoms with Crippen LogP contribution in [-0.4, -0.2) is 17.5 Å². The monoisotopic (exact) mass is 378 g/mol. The Morgan fingerprint density at radius 2 is 2.09 bits per heavy atom. The van der Waals surface area contributed by atoms with E-state index in [2.05, 4.69) is 38.1 Å².